The van der Waals surface area contributed by atoms with Crippen LogP contribution < -0.4 is 11.2 Å². The summed E-state index contributed by atoms with van der Waals surface area (Å²) in [5, 5.41) is 2.07. The molecule has 0 saturated carbocycles. The van der Waals surface area contributed by atoms with E-state index in [1.807, 2.05) is 14.1 Å². The molecule has 0 aliphatic carbocycles. The van der Waals surface area contributed by atoms with E-state index >= 15 is 0 Å². The lowest BCUT2D eigenvalue weighted by Gasteiger charge is -2.20. The first-order chi connectivity index (χ1) is 5.70. The molecule has 0 saturated heterocycles. The second-order valence-corrected chi connectivity index (χ2v) is 3.09. The molecule has 4 nitrogen and oxygen atoms in total. The highest BCUT2D eigenvalue weighted by molar-refractivity contribution is 4.53. The normalized spacial score (nSPS) is 11.5. The molecule has 74 valence electrons. The van der Waals surface area contributed by atoms with Crippen molar-refractivity contribution in [3.63, 3.8) is 0 Å². The fourth-order valence-electron chi connectivity index (χ4n) is 0.906. The van der Waals surface area contributed by atoms with Gasteiger partial charge in [0.15, 0.2) is 0 Å². The average Bonchev–Trinajstić information content (AvgIpc) is 2.10. The maximum absolute atomic E-state index is 5.41. The minimum atomic E-state index is 0.784. The Bertz CT molecular complexity index is 97.1. The van der Waals surface area contributed by atoms with Gasteiger partial charge in [0, 0.05) is 20.1 Å². The Balaban J connectivity index is 3.24. The van der Waals surface area contributed by atoms with E-state index in [-0.39, 0.29) is 0 Å². The first kappa shape index (κ1) is 11.8. The van der Waals surface area contributed by atoms with Gasteiger partial charge in [-0.15, -0.1) is 0 Å². The number of hydrogen-bond acceptors (Lipinski definition) is 4. The Morgan fingerprint density at radius 3 is 2.33 bits per heavy atom. The van der Waals surface area contributed by atoms with Gasteiger partial charge in [-0.2, -0.15) is 0 Å². The van der Waals surface area contributed by atoms with Crippen molar-refractivity contribution in [2.45, 2.75) is 6.42 Å². The molecule has 0 radical (unpaired) electrons. The van der Waals surface area contributed by atoms with Gasteiger partial charge in [-0.25, -0.2) is 5.01 Å². The summed E-state index contributed by atoms with van der Waals surface area (Å²) >= 11 is 0. The lowest BCUT2D eigenvalue weighted by Crippen LogP contribution is -2.37. The van der Waals surface area contributed by atoms with Crippen LogP contribution in [0.25, 0.3) is 0 Å². The molecule has 3 N–H and O–H groups in total. The molecule has 0 aromatic rings. The SMILES string of the molecule is CNN(C)CCN(C)CCCN. The molecule has 0 unspecified atom stereocenters. The molecule has 0 heterocycles. The molecule has 0 aliphatic heterocycles. The summed E-state index contributed by atoms with van der Waals surface area (Å²) < 4.78 is 0. The molecule has 4 heteroatoms. The summed E-state index contributed by atoms with van der Waals surface area (Å²) in [5.74, 6) is 0. The monoisotopic (exact) mass is 174 g/mol. The van der Waals surface area contributed by atoms with Crippen LogP contribution >= 0.6 is 0 Å². The third-order valence-corrected chi connectivity index (χ3v) is 1.94. The van der Waals surface area contributed by atoms with Gasteiger partial charge in [-0.1, -0.05) is 0 Å². The van der Waals surface area contributed by atoms with Crippen molar-refractivity contribution in [3.8, 4) is 0 Å². The Kier molecular flexibility index (Phi) is 7.39. The summed E-state index contributed by atoms with van der Waals surface area (Å²) in [7, 11) is 6.09. The van der Waals surface area contributed by atoms with E-state index in [0.29, 0.717) is 0 Å². The Hall–Kier alpha value is -0.160. The van der Waals surface area contributed by atoms with Crippen LogP contribution in [0.2, 0.25) is 0 Å². The van der Waals surface area contributed by atoms with Gasteiger partial charge in [0.05, 0.1) is 0 Å². The smallest absolute Gasteiger partial charge is 0.0255 e. The van der Waals surface area contributed by atoms with Crippen molar-refractivity contribution in [1.29, 1.82) is 0 Å². The van der Waals surface area contributed by atoms with Crippen LogP contribution in [0.3, 0.4) is 0 Å². The van der Waals surface area contributed by atoms with E-state index in [1.165, 1.54) is 0 Å². The first-order valence-corrected chi connectivity index (χ1v) is 4.47. The summed E-state index contributed by atoms with van der Waals surface area (Å²) in [4.78, 5) is 2.29. The summed E-state index contributed by atoms with van der Waals surface area (Å²) in [6.07, 6.45) is 1.08. The average molecular weight is 174 g/mol. The zero-order valence-electron chi connectivity index (χ0n) is 8.51. The topological polar surface area (TPSA) is 44.5 Å². The minimum absolute atomic E-state index is 0.784. The van der Waals surface area contributed by atoms with Gasteiger partial charge >= 0.3 is 0 Å². The number of hydrazine groups is 1. The highest BCUT2D eigenvalue weighted by Crippen LogP contribution is 1.85. The lowest BCUT2D eigenvalue weighted by atomic mass is 10.4. The maximum atomic E-state index is 5.41. The van der Waals surface area contributed by atoms with E-state index in [2.05, 4.69) is 22.4 Å². The van der Waals surface area contributed by atoms with E-state index < -0.39 is 0 Å². The second-order valence-electron chi connectivity index (χ2n) is 3.09. The molecule has 0 amide bonds. The Labute approximate surface area is 75.7 Å². The quantitative estimate of drug-likeness (QED) is 0.503. The van der Waals surface area contributed by atoms with Gasteiger partial charge in [0.1, 0.15) is 0 Å². The summed E-state index contributed by atoms with van der Waals surface area (Å²) in [6.45, 7) is 4.00. The zero-order chi connectivity index (χ0) is 9.40. The van der Waals surface area contributed by atoms with Gasteiger partial charge in [-0.05, 0) is 33.6 Å². The second kappa shape index (κ2) is 7.49. The van der Waals surface area contributed by atoms with Crippen molar-refractivity contribution in [3.05, 3.63) is 0 Å². The summed E-state index contributed by atoms with van der Waals surface area (Å²) in [5.41, 5.74) is 8.47. The molecule has 0 bridgehead atoms. The van der Waals surface area contributed by atoms with Crippen molar-refractivity contribution < 1.29 is 0 Å². The standard InChI is InChI=1S/C8H22N4/c1-10-12(3)8-7-11(2)6-4-5-9/h10H,4-9H2,1-3H3. The molecule has 0 aromatic carbocycles. The van der Waals surface area contributed by atoms with Crippen molar-refractivity contribution in [2.75, 3.05) is 47.3 Å². The van der Waals surface area contributed by atoms with Gasteiger partial charge in [0.25, 0.3) is 0 Å². The molecular weight excluding hydrogens is 152 g/mol. The van der Waals surface area contributed by atoms with Crippen LogP contribution in [0.1, 0.15) is 6.42 Å². The third kappa shape index (κ3) is 6.54. The van der Waals surface area contributed by atoms with E-state index in [0.717, 1.165) is 32.6 Å². The van der Waals surface area contributed by atoms with Gasteiger partial charge in [0.2, 0.25) is 0 Å². The van der Waals surface area contributed by atoms with Crippen LogP contribution in [-0.2, 0) is 0 Å². The van der Waals surface area contributed by atoms with Crippen LogP contribution in [0.15, 0.2) is 0 Å². The van der Waals surface area contributed by atoms with Crippen molar-refractivity contribution >= 4 is 0 Å². The number of hydrogen-bond donors (Lipinski definition) is 2. The fourth-order valence-corrected chi connectivity index (χ4v) is 0.906. The molecule has 0 atom stereocenters. The predicted octanol–water partition coefficient (Wildman–Crippen LogP) is -0.667. The highest BCUT2D eigenvalue weighted by Gasteiger charge is 1.98. The largest absolute Gasteiger partial charge is 0.330 e. The van der Waals surface area contributed by atoms with Gasteiger partial charge < -0.3 is 10.6 Å². The molecule has 0 spiro atoms. The molecule has 0 fully saturated rings. The van der Waals surface area contributed by atoms with Crippen molar-refractivity contribution in [1.82, 2.24) is 15.3 Å². The third-order valence-electron chi connectivity index (χ3n) is 1.94. The van der Waals surface area contributed by atoms with Crippen LogP contribution in [0, 0.1) is 0 Å². The van der Waals surface area contributed by atoms with Crippen LogP contribution in [0.5, 0.6) is 0 Å². The molecule has 0 aromatic heterocycles. The number of nitrogens with two attached hydrogens (primary N) is 1. The van der Waals surface area contributed by atoms with E-state index in [9.17, 15) is 0 Å². The van der Waals surface area contributed by atoms with Crippen molar-refractivity contribution in [2.24, 2.45) is 5.73 Å². The number of rotatable bonds is 7. The minimum Gasteiger partial charge on any atom is -0.330 e. The molecular formula is C8H22N4. The highest BCUT2D eigenvalue weighted by atomic mass is 15.5. The fraction of sp³-hybridized carbons (Fsp3) is 1.00. The molecule has 12 heavy (non-hydrogen) atoms. The number of nitrogens with zero attached hydrogens (tertiary/aromatic N) is 2. The van der Waals surface area contributed by atoms with Crippen LogP contribution in [0.4, 0.5) is 0 Å². The zero-order valence-corrected chi connectivity index (χ0v) is 8.51. The van der Waals surface area contributed by atoms with Gasteiger partial charge in [-0.3, -0.25) is 5.43 Å². The number of nitrogens with one attached hydrogen (secondary N) is 1. The maximum Gasteiger partial charge on any atom is 0.0255 e. The number of likely N-dealkylation sites (N-methyl/N-ethyl adjacent to an activating group) is 2. The van der Waals surface area contributed by atoms with E-state index in [1.54, 1.807) is 0 Å². The van der Waals surface area contributed by atoms with E-state index in [4.69, 9.17) is 5.73 Å². The van der Waals surface area contributed by atoms with Crippen LogP contribution in [-0.4, -0.2) is 57.2 Å². The lowest BCUT2D eigenvalue weighted by molar-refractivity contribution is 0.214. The predicted molar refractivity (Wildman–Crippen MR) is 52.9 cm³/mol. The first-order valence-electron chi connectivity index (χ1n) is 4.47. The Morgan fingerprint density at radius 2 is 1.83 bits per heavy atom. The Morgan fingerprint density at radius 1 is 1.17 bits per heavy atom. The molecule has 0 rings (SSSR count). The molecule has 0 aliphatic rings. The summed E-state index contributed by atoms with van der Waals surface area (Å²) in [6, 6.07) is 0.